The molecule has 1 aromatic carbocycles. The van der Waals surface area contributed by atoms with Gasteiger partial charge in [-0.15, -0.1) is 0 Å². The Balaban J connectivity index is 2.41. The van der Waals surface area contributed by atoms with E-state index in [1.165, 1.54) is 25.3 Å². The SMILES string of the molecule is COC(O)c1ccc(F)cc1B1OC(C)(C)C(C)(C)O1. The molecule has 0 spiro atoms. The fourth-order valence-electron chi connectivity index (χ4n) is 2.07. The van der Waals surface area contributed by atoms with Gasteiger partial charge in [-0.2, -0.15) is 0 Å². The number of hydrogen-bond acceptors (Lipinski definition) is 4. The van der Waals surface area contributed by atoms with Crippen LogP contribution in [0.25, 0.3) is 0 Å². The molecule has 1 aliphatic heterocycles. The molecule has 1 N–H and O–H groups in total. The van der Waals surface area contributed by atoms with Crippen LogP contribution in [0.15, 0.2) is 18.2 Å². The maximum atomic E-state index is 13.5. The lowest BCUT2D eigenvalue weighted by atomic mass is 9.75. The second-order valence-electron chi connectivity index (χ2n) is 5.95. The first kappa shape index (κ1) is 15.4. The van der Waals surface area contributed by atoms with Gasteiger partial charge in [0.25, 0.3) is 0 Å². The van der Waals surface area contributed by atoms with Crippen molar-refractivity contribution in [3.8, 4) is 0 Å². The van der Waals surface area contributed by atoms with Crippen molar-refractivity contribution >= 4 is 12.6 Å². The molecule has 1 saturated heterocycles. The topological polar surface area (TPSA) is 47.9 Å². The van der Waals surface area contributed by atoms with Gasteiger partial charge in [0.15, 0.2) is 6.29 Å². The number of aliphatic hydroxyl groups excluding tert-OH is 1. The van der Waals surface area contributed by atoms with Crippen LogP contribution in [0, 0.1) is 5.82 Å². The quantitative estimate of drug-likeness (QED) is 0.678. The largest absolute Gasteiger partial charge is 0.495 e. The molecule has 0 amide bonds. The summed E-state index contributed by atoms with van der Waals surface area (Å²) in [5.74, 6) is -0.415. The van der Waals surface area contributed by atoms with Crippen molar-refractivity contribution in [2.24, 2.45) is 0 Å². The van der Waals surface area contributed by atoms with Gasteiger partial charge in [-0.25, -0.2) is 4.39 Å². The standard InChI is InChI=1S/C14H20BFO4/c1-13(2)14(3,4)20-15(19-13)11-8-9(16)6-7-10(11)12(17)18-5/h6-8,12,17H,1-5H3. The lowest BCUT2D eigenvalue weighted by molar-refractivity contribution is -0.0764. The summed E-state index contributed by atoms with van der Waals surface area (Å²) in [5, 5.41) is 9.87. The number of methoxy groups -OCH3 is 1. The number of ether oxygens (including phenoxy) is 1. The zero-order valence-electron chi connectivity index (χ0n) is 12.4. The smallest absolute Gasteiger partial charge is 0.399 e. The lowest BCUT2D eigenvalue weighted by Gasteiger charge is -2.32. The molecule has 1 aromatic rings. The first-order valence-corrected chi connectivity index (χ1v) is 6.54. The lowest BCUT2D eigenvalue weighted by Crippen LogP contribution is -2.41. The minimum Gasteiger partial charge on any atom is -0.399 e. The molecule has 1 aliphatic rings. The average Bonchev–Trinajstić information content (AvgIpc) is 2.57. The molecular formula is C14H20BFO4. The van der Waals surface area contributed by atoms with Crippen LogP contribution in [0.4, 0.5) is 4.39 Å². The molecule has 4 nitrogen and oxygen atoms in total. The van der Waals surface area contributed by atoms with E-state index in [2.05, 4.69) is 0 Å². The summed E-state index contributed by atoms with van der Waals surface area (Å²) in [5.41, 5.74) is -0.177. The zero-order chi connectivity index (χ0) is 15.1. The Labute approximate surface area is 119 Å². The molecule has 0 bridgehead atoms. The van der Waals surface area contributed by atoms with Crippen LogP contribution in [0.5, 0.6) is 0 Å². The van der Waals surface area contributed by atoms with Gasteiger partial charge in [-0.3, -0.25) is 0 Å². The van der Waals surface area contributed by atoms with Crippen LogP contribution in [0.3, 0.4) is 0 Å². The first-order valence-electron chi connectivity index (χ1n) is 6.54. The van der Waals surface area contributed by atoms with Crippen LogP contribution in [-0.4, -0.2) is 30.5 Å². The molecule has 0 saturated carbocycles. The van der Waals surface area contributed by atoms with Crippen molar-refractivity contribution < 1.29 is 23.5 Å². The molecule has 1 atom stereocenters. The van der Waals surface area contributed by atoms with Crippen LogP contribution < -0.4 is 5.46 Å². The van der Waals surface area contributed by atoms with Gasteiger partial charge in [0.1, 0.15) is 5.82 Å². The van der Waals surface area contributed by atoms with Gasteiger partial charge in [0, 0.05) is 12.7 Å². The molecule has 0 radical (unpaired) electrons. The molecule has 2 rings (SSSR count). The number of halogens is 1. The molecule has 110 valence electrons. The second kappa shape index (κ2) is 5.11. The van der Waals surface area contributed by atoms with Gasteiger partial charge in [0.05, 0.1) is 11.2 Å². The summed E-state index contributed by atoms with van der Waals surface area (Å²) >= 11 is 0. The normalized spacial score (nSPS) is 22.1. The Morgan fingerprint density at radius 3 is 2.25 bits per heavy atom. The summed E-state index contributed by atoms with van der Waals surface area (Å²) in [7, 11) is 0.637. The predicted molar refractivity (Wildman–Crippen MR) is 74.1 cm³/mol. The number of aliphatic hydroxyl groups is 1. The summed E-state index contributed by atoms with van der Waals surface area (Å²) in [6.07, 6.45) is -1.15. The maximum Gasteiger partial charge on any atom is 0.495 e. The summed E-state index contributed by atoms with van der Waals surface area (Å²) in [6.45, 7) is 7.66. The molecule has 0 aliphatic carbocycles. The van der Waals surface area contributed by atoms with E-state index < -0.39 is 30.4 Å². The monoisotopic (exact) mass is 282 g/mol. The fraction of sp³-hybridized carbons (Fsp3) is 0.571. The molecule has 0 aromatic heterocycles. The Morgan fingerprint density at radius 1 is 1.20 bits per heavy atom. The Hall–Kier alpha value is -0.945. The van der Waals surface area contributed by atoms with Gasteiger partial charge >= 0.3 is 7.12 Å². The third-order valence-corrected chi connectivity index (χ3v) is 4.05. The van der Waals surface area contributed by atoms with Crippen LogP contribution in [-0.2, 0) is 14.0 Å². The van der Waals surface area contributed by atoms with E-state index in [0.29, 0.717) is 11.0 Å². The Bertz CT molecular complexity index is 488. The van der Waals surface area contributed by atoms with Crippen molar-refractivity contribution in [3.63, 3.8) is 0 Å². The van der Waals surface area contributed by atoms with E-state index in [1.807, 2.05) is 27.7 Å². The maximum absolute atomic E-state index is 13.5. The van der Waals surface area contributed by atoms with E-state index in [4.69, 9.17) is 14.0 Å². The third kappa shape index (κ3) is 2.61. The van der Waals surface area contributed by atoms with Crippen LogP contribution >= 0.6 is 0 Å². The van der Waals surface area contributed by atoms with Crippen molar-refractivity contribution in [1.82, 2.24) is 0 Å². The molecule has 1 heterocycles. The molecule has 1 fully saturated rings. The highest BCUT2D eigenvalue weighted by atomic mass is 19.1. The van der Waals surface area contributed by atoms with Crippen LogP contribution in [0.1, 0.15) is 39.5 Å². The highest BCUT2D eigenvalue weighted by molar-refractivity contribution is 6.62. The third-order valence-electron chi connectivity index (χ3n) is 4.05. The van der Waals surface area contributed by atoms with E-state index in [-0.39, 0.29) is 0 Å². The molecule has 6 heteroatoms. The van der Waals surface area contributed by atoms with Gasteiger partial charge in [0.2, 0.25) is 0 Å². The summed E-state index contributed by atoms with van der Waals surface area (Å²) in [4.78, 5) is 0. The number of rotatable bonds is 3. The summed E-state index contributed by atoms with van der Waals surface area (Å²) in [6, 6.07) is 4.05. The minimum atomic E-state index is -1.15. The average molecular weight is 282 g/mol. The van der Waals surface area contributed by atoms with E-state index >= 15 is 0 Å². The first-order chi connectivity index (χ1) is 9.18. The molecule has 1 unspecified atom stereocenters. The Morgan fingerprint density at radius 2 is 1.75 bits per heavy atom. The minimum absolute atomic E-state index is 0.415. The summed E-state index contributed by atoms with van der Waals surface area (Å²) < 4.78 is 30.2. The highest BCUT2D eigenvalue weighted by Crippen LogP contribution is 2.37. The van der Waals surface area contributed by atoms with Gasteiger partial charge < -0.3 is 19.2 Å². The van der Waals surface area contributed by atoms with Crippen molar-refractivity contribution in [2.75, 3.05) is 7.11 Å². The number of hydrogen-bond donors (Lipinski definition) is 1. The van der Waals surface area contributed by atoms with Gasteiger partial charge in [-0.1, -0.05) is 6.07 Å². The van der Waals surface area contributed by atoms with Crippen LogP contribution in [0.2, 0.25) is 0 Å². The molecule has 20 heavy (non-hydrogen) atoms. The van der Waals surface area contributed by atoms with Crippen molar-refractivity contribution in [2.45, 2.75) is 45.2 Å². The fourth-order valence-corrected chi connectivity index (χ4v) is 2.07. The second-order valence-corrected chi connectivity index (χ2v) is 5.95. The van der Waals surface area contributed by atoms with E-state index in [1.54, 1.807) is 0 Å². The predicted octanol–water partition coefficient (Wildman–Crippen LogP) is 1.76. The van der Waals surface area contributed by atoms with E-state index in [0.717, 1.165) is 0 Å². The Kier molecular flexibility index (Phi) is 3.95. The van der Waals surface area contributed by atoms with Gasteiger partial charge in [-0.05, 0) is 45.3 Å². The zero-order valence-corrected chi connectivity index (χ0v) is 12.4. The molecular weight excluding hydrogens is 262 g/mol. The number of benzene rings is 1. The van der Waals surface area contributed by atoms with E-state index in [9.17, 15) is 9.50 Å². The highest BCUT2D eigenvalue weighted by Gasteiger charge is 2.52. The van der Waals surface area contributed by atoms with Crippen molar-refractivity contribution in [3.05, 3.63) is 29.6 Å². The van der Waals surface area contributed by atoms with Crippen molar-refractivity contribution in [1.29, 1.82) is 0 Å².